The second-order valence-electron chi connectivity index (χ2n) is 5.54. The summed E-state index contributed by atoms with van der Waals surface area (Å²) in [5.41, 5.74) is 0.379. The third-order valence-electron chi connectivity index (χ3n) is 3.49. The van der Waals surface area contributed by atoms with Crippen molar-refractivity contribution in [3.63, 3.8) is 0 Å². The molecule has 0 aliphatic rings. The van der Waals surface area contributed by atoms with Crippen LogP contribution in [-0.4, -0.2) is 32.4 Å². The minimum Gasteiger partial charge on any atom is -0.355 e. The molecule has 0 heterocycles. The molecule has 6 nitrogen and oxygen atoms in total. The predicted octanol–water partition coefficient (Wildman–Crippen LogP) is 2.35. The largest absolute Gasteiger partial charge is 0.355 e. The molecule has 0 aliphatic heterocycles. The van der Waals surface area contributed by atoms with E-state index in [1.165, 1.54) is 18.2 Å². The highest BCUT2D eigenvalue weighted by Gasteiger charge is 2.14. The fourth-order valence-electron chi connectivity index (χ4n) is 2.20. The first-order valence-electron chi connectivity index (χ1n) is 7.97. The first kappa shape index (κ1) is 19.6. The number of nitrogens with one attached hydrogen (secondary N) is 2. The van der Waals surface area contributed by atoms with E-state index in [4.69, 9.17) is 0 Å². The average Bonchev–Trinajstić information content (AvgIpc) is 2.60. The van der Waals surface area contributed by atoms with E-state index >= 15 is 0 Å². The van der Waals surface area contributed by atoms with Crippen LogP contribution in [0.25, 0.3) is 0 Å². The monoisotopic (exact) mass is 378 g/mol. The van der Waals surface area contributed by atoms with Crippen molar-refractivity contribution in [3.05, 3.63) is 66.0 Å². The number of carbonyl (C=O) groups excluding carboxylic acids is 2. The smallest absolute Gasteiger partial charge is 0.234 e. The lowest BCUT2D eigenvalue weighted by molar-refractivity contribution is -0.120. The van der Waals surface area contributed by atoms with Gasteiger partial charge in [0.2, 0.25) is 15.9 Å². The molecule has 26 heavy (non-hydrogen) atoms. The van der Waals surface area contributed by atoms with Gasteiger partial charge in [0.25, 0.3) is 0 Å². The minimum absolute atomic E-state index is 0.0602. The number of amides is 1. The van der Waals surface area contributed by atoms with Crippen LogP contribution in [0.5, 0.6) is 0 Å². The molecule has 2 N–H and O–H groups in total. The molecule has 8 heteroatoms. The minimum atomic E-state index is -3.59. The highest BCUT2D eigenvalue weighted by molar-refractivity contribution is 7.92. The molecular formula is C18H19FN2O4S. The molecule has 0 saturated heterocycles. The lowest BCUT2D eigenvalue weighted by Gasteiger charge is -2.09. The Labute approximate surface area is 151 Å². The van der Waals surface area contributed by atoms with E-state index in [2.05, 4.69) is 10.0 Å². The van der Waals surface area contributed by atoms with Crippen LogP contribution in [0.3, 0.4) is 0 Å². The van der Waals surface area contributed by atoms with Crippen LogP contribution in [0, 0.1) is 5.82 Å². The standard InChI is InChI=1S/C18H19FN2O4S/c19-16-9-5-4-8-15(16)17(22)10-11-18(23)20-12-13-26(24,25)21-14-6-2-1-3-7-14/h1-9,21H,10-13H2,(H,20,23). The maximum Gasteiger partial charge on any atom is 0.234 e. The van der Waals surface area contributed by atoms with Crippen molar-refractivity contribution < 1.29 is 22.4 Å². The Hall–Kier alpha value is -2.74. The van der Waals surface area contributed by atoms with Gasteiger partial charge in [-0.15, -0.1) is 0 Å². The van der Waals surface area contributed by atoms with E-state index in [1.807, 2.05) is 0 Å². The number of para-hydroxylation sites is 1. The van der Waals surface area contributed by atoms with Crippen molar-refractivity contribution in [1.82, 2.24) is 5.32 Å². The number of anilines is 1. The van der Waals surface area contributed by atoms with Crippen molar-refractivity contribution in [2.45, 2.75) is 12.8 Å². The third-order valence-corrected chi connectivity index (χ3v) is 4.78. The maximum atomic E-state index is 13.5. The summed E-state index contributed by atoms with van der Waals surface area (Å²) < 4.78 is 39.7. The van der Waals surface area contributed by atoms with E-state index < -0.39 is 27.5 Å². The van der Waals surface area contributed by atoms with E-state index in [0.717, 1.165) is 0 Å². The molecule has 0 aromatic heterocycles. The summed E-state index contributed by atoms with van der Waals surface area (Å²) in [5.74, 6) is -1.87. The van der Waals surface area contributed by atoms with Gasteiger partial charge in [-0.1, -0.05) is 30.3 Å². The normalized spacial score (nSPS) is 11.0. The van der Waals surface area contributed by atoms with Crippen molar-refractivity contribution >= 4 is 27.4 Å². The Balaban J connectivity index is 1.73. The van der Waals surface area contributed by atoms with Gasteiger partial charge in [0.1, 0.15) is 5.82 Å². The maximum absolute atomic E-state index is 13.5. The van der Waals surface area contributed by atoms with Crippen LogP contribution in [0.2, 0.25) is 0 Å². The quantitative estimate of drug-likeness (QED) is 0.655. The van der Waals surface area contributed by atoms with Crippen LogP contribution in [-0.2, 0) is 14.8 Å². The number of ketones is 1. The van der Waals surface area contributed by atoms with Gasteiger partial charge in [0.05, 0.1) is 11.3 Å². The zero-order valence-electron chi connectivity index (χ0n) is 13.9. The number of hydrogen-bond acceptors (Lipinski definition) is 4. The van der Waals surface area contributed by atoms with Gasteiger partial charge in [-0.2, -0.15) is 0 Å². The molecule has 0 fully saturated rings. The van der Waals surface area contributed by atoms with Crippen LogP contribution >= 0.6 is 0 Å². The molecule has 0 unspecified atom stereocenters. The Bertz CT molecular complexity index is 870. The molecule has 0 saturated carbocycles. The number of Topliss-reactive ketones (excluding diaryl/α,β-unsaturated/α-hetero) is 1. The molecule has 0 radical (unpaired) electrons. The Morgan fingerprint density at radius 3 is 2.27 bits per heavy atom. The van der Waals surface area contributed by atoms with Gasteiger partial charge in [0.15, 0.2) is 5.78 Å². The lowest BCUT2D eigenvalue weighted by atomic mass is 10.1. The van der Waals surface area contributed by atoms with Gasteiger partial charge in [0, 0.05) is 25.1 Å². The fourth-order valence-corrected chi connectivity index (χ4v) is 3.17. The molecule has 1 amide bonds. The van der Waals surface area contributed by atoms with Gasteiger partial charge in [-0.05, 0) is 24.3 Å². The summed E-state index contributed by atoms with van der Waals surface area (Å²) in [6, 6.07) is 14.0. The van der Waals surface area contributed by atoms with Gasteiger partial charge >= 0.3 is 0 Å². The van der Waals surface area contributed by atoms with Crippen molar-refractivity contribution in [2.75, 3.05) is 17.0 Å². The Morgan fingerprint density at radius 2 is 1.58 bits per heavy atom. The van der Waals surface area contributed by atoms with E-state index in [-0.39, 0.29) is 30.7 Å². The molecule has 0 atom stereocenters. The molecule has 2 aromatic rings. The van der Waals surface area contributed by atoms with E-state index in [9.17, 15) is 22.4 Å². The van der Waals surface area contributed by atoms with Crippen LogP contribution in [0.4, 0.5) is 10.1 Å². The van der Waals surface area contributed by atoms with Crippen LogP contribution in [0.1, 0.15) is 23.2 Å². The fraction of sp³-hybridized carbons (Fsp3) is 0.222. The molecule has 0 aliphatic carbocycles. The van der Waals surface area contributed by atoms with Crippen LogP contribution in [0.15, 0.2) is 54.6 Å². The van der Waals surface area contributed by atoms with Crippen LogP contribution < -0.4 is 10.0 Å². The molecule has 0 spiro atoms. The van der Waals surface area contributed by atoms with Crippen molar-refractivity contribution in [2.24, 2.45) is 0 Å². The number of benzene rings is 2. The molecule has 0 bridgehead atoms. The number of sulfonamides is 1. The molecular weight excluding hydrogens is 359 g/mol. The van der Waals surface area contributed by atoms with Crippen molar-refractivity contribution in [3.8, 4) is 0 Å². The number of rotatable bonds is 9. The zero-order valence-corrected chi connectivity index (χ0v) is 14.8. The van der Waals surface area contributed by atoms with Crippen molar-refractivity contribution in [1.29, 1.82) is 0 Å². The number of hydrogen-bond donors (Lipinski definition) is 2. The zero-order chi connectivity index (χ0) is 19.0. The first-order valence-corrected chi connectivity index (χ1v) is 9.62. The third kappa shape index (κ3) is 6.29. The lowest BCUT2D eigenvalue weighted by Crippen LogP contribution is -2.31. The van der Waals surface area contributed by atoms with Gasteiger partial charge in [-0.25, -0.2) is 12.8 Å². The topological polar surface area (TPSA) is 92.3 Å². The van der Waals surface area contributed by atoms with E-state index in [0.29, 0.717) is 5.69 Å². The summed E-state index contributed by atoms with van der Waals surface area (Å²) in [7, 11) is -3.59. The second-order valence-corrected chi connectivity index (χ2v) is 7.38. The highest BCUT2D eigenvalue weighted by atomic mass is 32.2. The second kappa shape index (κ2) is 9.10. The van der Waals surface area contributed by atoms with E-state index in [1.54, 1.807) is 36.4 Å². The SMILES string of the molecule is O=C(CCC(=O)c1ccccc1F)NCCS(=O)(=O)Nc1ccccc1. The van der Waals surface area contributed by atoms with Gasteiger partial charge < -0.3 is 5.32 Å². The summed E-state index contributed by atoms with van der Waals surface area (Å²) in [5, 5.41) is 2.44. The molecule has 2 rings (SSSR count). The summed E-state index contributed by atoms with van der Waals surface area (Å²) in [4.78, 5) is 23.6. The summed E-state index contributed by atoms with van der Waals surface area (Å²) >= 11 is 0. The first-order chi connectivity index (χ1) is 12.4. The molecule has 138 valence electrons. The Morgan fingerprint density at radius 1 is 0.923 bits per heavy atom. The number of carbonyl (C=O) groups is 2. The Kier molecular flexibility index (Phi) is 6.85. The average molecular weight is 378 g/mol. The summed E-state index contributed by atoms with van der Waals surface area (Å²) in [6.07, 6.45) is -0.291. The highest BCUT2D eigenvalue weighted by Crippen LogP contribution is 2.10. The number of halogens is 1. The predicted molar refractivity (Wildman–Crippen MR) is 96.8 cm³/mol. The van der Waals surface area contributed by atoms with Gasteiger partial charge in [-0.3, -0.25) is 14.3 Å². The molecule has 2 aromatic carbocycles. The summed E-state index contributed by atoms with van der Waals surface area (Å²) in [6.45, 7) is -0.0884.